The Morgan fingerprint density at radius 2 is 1.45 bits per heavy atom. The molecule has 4 aromatic rings. The fourth-order valence-electron chi connectivity index (χ4n) is 6.12. The molecule has 0 spiro atoms. The predicted octanol–water partition coefficient (Wildman–Crippen LogP) is 6.62. The number of fused-ring (bicyclic) bond motifs is 8. The first-order chi connectivity index (χ1) is 20.1. The summed E-state index contributed by atoms with van der Waals surface area (Å²) in [6, 6.07) is 16.9. The second kappa shape index (κ2) is 9.01. The van der Waals surface area contributed by atoms with Crippen molar-refractivity contribution in [3.05, 3.63) is 106 Å². The monoisotopic (exact) mass is 562 g/mol. The lowest BCUT2D eigenvalue weighted by Crippen LogP contribution is -2.40. The Balaban J connectivity index is 1.42. The largest absolute Gasteiger partial charge is 0.508 e. The number of allylic oxidation sites excluding steroid dienone is 2. The third-order valence-corrected chi connectivity index (χ3v) is 7.94. The molecule has 4 aromatic carbocycles. The van der Waals surface area contributed by atoms with Gasteiger partial charge in [0.1, 0.15) is 57.4 Å². The summed E-state index contributed by atoms with van der Waals surface area (Å²) in [6.07, 6.45) is 5.85. The molecule has 210 valence electrons. The van der Waals surface area contributed by atoms with Crippen molar-refractivity contribution in [3.63, 3.8) is 0 Å². The number of hydrogen-bond acceptors (Lipinski definition) is 8. The van der Waals surface area contributed by atoms with Gasteiger partial charge >= 0.3 is 0 Å². The summed E-state index contributed by atoms with van der Waals surface area (Å²) < 4.78 is 12.9. The van der Waals surface area contributed by atoms with E-state index < -0.39 is 5.60 Å². The number of phenolic OH excluding ortho intramolecular Hbond substituents is 6. The molecule has 0 saturated carbocycles. The summed E-state index contributed by atoms with van der Waals surface area (Å²) in [7, 11) is 0. The van der Waals surface area contributed by atoms with Crippen LogP contribution < -0.4 is 9.47 Å². The Bertz CT molecular complexity index is 1900. The summed E-state index contributed by atoms with van der Waals surface area (Å²) in [6.45, 7) is 1.95. The molecule has 6 N–H and O–H groups in total. The maximum absolute atomic E-state index is 11.4. The van der Waals surface area contributed by atoms with Crippen LogP contribution >= 0.6 is 0 Å². The standard InChI is InChI=1S/C34H26O8/c1-34-15-24(22-8-6-21(37)14-29(22)42-34)31-25(16-34)32-28(40)10-17(2-3-18-4-5-19(35)12-26(18)38)11-30(32)41-33(31)23-9-7-20(36)13-27(23)39/h2-14,16,24,35-40H,15H2,1H3. The van der Waals surface area contributed by atoms with Gasteiger partial charge in [-0.25, -0.2) is 0 Å². The first kappa shape index (κ1) is 25.5. The zero-order valence-electron chi connectivity index (χ0n) is 22.4. The van der Waals surface area contributed by atoms with Crippen LogP contribution in [-0.2, 0) is 0 Å². The number of hydrogen-bond donors (Lipinski definition) is 6. The number of benzene rings is 4. The molecule has 0 aromatic heterocycles. The van der Waals surface area contributed by atoms with Crippen molar-refractivity contribution in [1.82, 2.24) is 0 Å². The molecule has 42 heavy (non-hydrogen) atoms. The van der Waals surface area contributed by atoms with Gasteiger partial charge in [0.2, 0.25) is 0 Å². The van der Waals surface area contributed by atoms with Gasteiger partial charge in [-0.2, -0.15) is 0 Å². The smallest absolute Gasteiger partial charge is 0.142 e. The van der Waals surface area contributed by atoms with Crippen LogP contribution in [-0.4, -0.2) is 36.2 Å². The zero-order chi connectivity index (χ0) is 29.3. The van der Waals surface area contributed by atoms with Crippen LogP contribution in [0.5, 0.6) is 46.0 Å². The van der Waals surface area contributed by atoms with E-state index >= 15 is 0 Å². The zero-order valence-corrected chi connectivity index (χ0v) is 22.4. The first-order valence-corrected chi connectivity index (χ1v) is 13.4. The molecule has 2 atom stereocenters. The Morgan fingerprint density at radius 1 is 0.738 bits per heavy atom. The minimum absolute atomic E-state index is 0.0330. The van der Waals surface area contributed by atoms with Crippen LogP contribution in [0.15, 0.2) is 78.4 Å². The molecule has 0 fully saturated rings. The maximum atomic E-state index is 11.4. The molecular formula is C34H26O8. The summed E-state index contributed by atoms with van der Waals surface area (Å²) in [4.78, 5) is 0. The van der Waals surface area contributed by atoms with Gasteiger partial charge in [-0.05, 0) is 66.6 Å². The van der Waals surface area contributed by atoms with Gasteiger partial charge in [0, 0.05) is 47.2 Å². The van der Waals surface area contributed by atoms with Crippen molar-refractivity contribution in [1.29, 1.82) is 0 Å². The van der Waals surface area contributed by atoms with Gasteiger partial charge in [0.25, 0.3) is 0 Å². The van der Waals surface area contributed by atoms with Gasteiger partial charge < -0.3 is 40.1 Å². The molecule has 8 nitrogen and oxygen atoms in total. The van der Waals surface area contributed by atoms with Gasteiger partial charge in [0.05, 0.1) is 11.1 Å². The van der Waals surface area contributed by atoms with E-state index in [9.17, 15) is 30.6 Å². The fraction of sp³-hybridized carbons (Fsp3) is 0.118. The highest BCUT2D eigenvalue weighted by molar-refractivity contribution is 5.99. The van der Waals surface area contributed by atoms with Gasteiger partial charge in [-0.1, -0.05) is 18.2 Å². The first-order valence-electron chi connectivity index (χ1n) is 13.4. The molecule has 2 heterocycles. The highest BCUT2D eigenvalue weighted by Crippen LogP contribution is 2.59. The number of rotatable bonds is 3. The Labute approximate surface area is 240 Å². The molecule has 7 rings (SSSR count). The minimum Gasteiger partial charge on any atom is -0.508 e. The van der Waals surface area contributed by atoms with E-state index in [4.69, 9.17) is 9.47 Å². The van der Waals surface area contributed by atoms with Gasteiger partial charge in [-0.15, -0.1) is 0 Å². The minimum atomic E-state index is -0.761. The third-order valence-electron chi connectivity index (χ3n) is 7.94. The van der Waals surface area contributed by atoms with Gasteiger partial charge in [0.15, 0.2) is 0 Å². The van der Waals surface area contributed by atoms with Crippen molar-refractivity contribution in [2.24, 2.45) is 0 Å². The van der Waals surface area contributed by atoms with Crippen LogP contribution in [0.4, 0.5) is 0 Å². The molecule has 0 amide bonds. The molecule has 2 unspecified atom stereocenters. The quantitative estimate of drug-likeness (QED) is 0.153. The third kappa shape index (κ3) is 4.07. The highest BCUT2D eigenvalue weighted by atomic mass is 16.5. The van der Waals surface area contributed by atoms with Crippen LogP contribution in [0.2, 0.25) is 0 Å². The van der Waals surface area contributed by atoms with Crippen molar-refractivity contribution in [2.75, 3.05) is 0 Å². The topological polar surface area (TPSA) is 140 Å². The Morgan fingerprint density at radius 3 is 2.21 bits per heavy atom. The highest BCUT2D eigenvalue weighted by Gasteiger charge is 2.47. The SMILES string of the molecule is CC12C=C3C(=C(c4ccc(O)cc4O)Oc4cc(C=Cc5ccc(O)cc5O)cc(O)c43)C(C1)c1ccc(O)cc1O2. The van der Waals surface area contributed by atoms with E-state index in [0.717, 1.165) is 11.1 Å². The average molecular weight is 563 g/mol. The van der Waals surface area contributed by atoms with Crippen LogP contribution in [0.3, 0.4) is 0 Å². The number of aromatic hydroxyl groups is 6. The fourth-order valence-corrected chi connectivity index (χ4v) is 6.12. The van der Waals surface area contributed by atoms with Gasteiger partial charge in [-0.3, -0.25) is 0 Å². The average Bonchev–Trinajstić information content (AvgIpc) is 2.91. The molecule has 2 bridgehead atoms. The molecule has 8 heteroatoms. The summed E-state index contributed by atoms with van der Waals surface area (Å²) in [5.41, 5.74) is 3.40. The lowest BCUT2D eigenvalue weighted by Gasteiger charge is -2.45. The molecule has 3 aliphatic rings. The van der Waals surface area contributed by atoms with E-state index in [1.165, 1.54) is 24.3 Å². The van der Waals surface area contributed by atoms with Crippen molar-refractivity contribution in [2.45, 2.75) is 24.9 Å². The Kier molecular flexibility index (Phi) is 5.46. The van der Waals surface area contributed by atoms with Crippen LogP contribution in [0.1, 0.15) is 47.1 Å². The van der Waals surface area contributed by atoms with Crippen LogP contribution in [0, 0.1) is 0 Å². The lowest BCUT2D eigenvalue weighted by molar-refractivity contribution is 0.102. The lowest BCUT2D eigenvalue weighted by atomic mass is 9.68. The summed E-state index contributed by atoms with van der Waals surface area (Å²) in [5, 5.41) is 62.2. The maximum Gasteiger partial charge on any atom is 0.142 e. The molecule has 0 saturated heterocycles. The second-order valence-electron chi connectivity index (χ2n) is 11.0. The predicted molar refractivity (Wildman–Crippen MR) is 157 cm³/mol. The van der Waals surface area contributed by atoms with E-state index in [1.807, 2.05) is 13.0 Å². The molecule has 0 radical (unpaired) electrons. The molecule has 2 aliphatic heterocycles. The summed E-state index contributed by atoms with van der Waals surface area (Å²) in [5.74, 6) is 0.626. The van der Waals surface area contributed by atoms with Crippen LogP contribution in [0.25, 0.3) is 23.5 Å². The van der Waals surface area contributed by atoms with E-state index in [2.05, 4.69) is 0 Å². The summed E-state index contributed by atoms with van der Waals surface area (Å²) >= 11 is 0. The number of ether oxygens (including phenoxy) is 2. The Hall–Kier alpha value is -5.50. The number of phenols is 6. The van der Waals surface area contributed by atoms with Crippen molar-refractivity contribution < 1.29 is 40.1 Å². The second-order valence-corrected chi connectivity index (χ2v) is 11.0. The van der Waals surface area contributed by atoms with Crippen molar-refractivity contribution in [3.8, 4) is 46.0 Å². The van der Waals surface area contributed by atoms with E-state index in [1.54, 1.807) is 54.6 Å². The molecule has 1 aliphatic carbocycles. The normalized spacial score (nSPS) is 20.2. The van der Waals surface area contributed by atoms with Crippen molar-refractivity contribution >= 4 is 23.5 Å². The van der Waals surface area contributed by atoms with E-state index in [0.29, 0.717) is 51.5 Å². The molecular weight excluding hydrogens is 536 g/mol. The van der Waals surface area contributed by atoms with E-state index in [-0.39, 0.29) is 40.4 Å².